The van der Waals surface area contributed by atoms with E-state index in [4.69, 9.17) is 0 Å². The number of aldehydes is 1. The average Bonchev–Trinajstić information content (AvgIpc) is 2.62. The van der Waals surface area contributed by atoms with Gasteiger partial charge in [-0.3, -0.25) is 0 Å². The molecule has 0 fully saturated rings. The van der Waals surface area contributed by atoms with E-state index in [0.717, 1.165) is 37.9 Å². The highest BCUT2D eigenvalue weighted by Crippen LogP contribution is 2.07. The highest BCUT2D eigenvalue weighted by Gasteiger charge is 2.05. The van der Waals surface area contributed by atoms with Gasteiger partial charge in [-0.15, -0.1) is 0 Å². The molecule has 0 aliphatic carbocycles. The number of imidazole rings is 1. The van der Waals surface area contributed by atoms with E-state index in [0.29, 0.717) is 0 Å². The molecule has 3 heteroatoms. The van der Waals surface area contributed by atoms with Gasteiger partial charge >= 0.3 is 0 Å². The van der Waals surface area contributed by atoms with Crippen LogP contribution in [-0.4, -0.2) is 15.8 Å². The summed E-state index contributed by atoms with van der Waals surface area (Å²) < 4.78 is 2.16. The number of aromatic nitrogens is 2. The van der Waals surface area contributed by atoms with Gasteiger partial charge in [0.15, 0.2) is 0 Å². The van der Waals surface area contributed by atoms with Crippen LogP contribution in [0.15, 0.2) is 12.4 Å². The maximum atomic E-state index is 10.4. The molecule has 1 rings (SSSR count). The van der Waals surface area contributed by atoms with Crippen LogP contribution < -0.4 is 0 Å². The number of carbonyl (C=O) groups is 1. The minimum atomic E-state index is 0.141. The van der Waals surface area contributed by atoms with Crippen molar-refractivity contribution in [1.82, 2.24) is 9.55 Å². The quantitative estimate of drug-likeness (QED) is 0.650. The van der Waals surface area contributed by atoms with Crippen molar-refractivity contribution < 1.29 is 4.79 Å². The molecule has 0 saturated carbocycles. The third-order valence-electron chi connectivity index (χ3n) is 2.32. The van der Waals surface area contributed by atoms with Gasteiger partial charge in [-0.05, 0) is 12.8 Å². The summed E-state index contributed by atoms with van der Waals surface area (Å²) in [6.07, 6.45) is 7.75. The van der Waals surface area contributed by atoms with E-state index in [-0.39, 0.29) is 5.92 Å². The van der Waals surface area contributed by atoms with E-state index in [1.54, 1.807) is 0 Å². The lowest BCUT2D eigenvalue weighted by Crippen LogP contribution is -2.05. The molecule has 0 bridgehead atoms. The summed E-state index contributed by atoms with van der Waals surface area (Å²) in [5.41, 5.74) is 0. The van der Waals surface area contributed by atoms with E-state index in [2.05, 4.69) is 16.5 Å². The van der Waals surface area contributed by atoms with Gasteiger partial charge in [0.1, 0.15) is 12.1 Å². The molecule has 78 valence electrons. The Kier molecular flexibility index (Phi) is 4.36. The smallest absolute Gasteiger partial charge is 0.122 e. The second-order valence-electron chi connectivity index (χ2n) is 3.69. The Bertz CT molecular complexity index is 281. The van der Waals surface area contributed by atoms with Gasteiger partial charge in [-0.25, -0.2) is 4.98 Å². The molecular formula is C11H18N2O. The van der Waals surface area contributed by atoms with Crippen LogP contribution in [0.25, 0.3) is 0 Å². The Hall–Kier alpha value is -1.12. The van der Waals surface area contributed by atoms with Crippen molar-refractivity contribution in [3.05, 3.63) is 18.2 Å². The SMILES string of the molecule is CCCn1ccnc1CCC(C)C=O. The molecule has 14 heavy (non-hydrogen) atoms. The molecule has 3 nitrogen and oxygen atoms in total. The second kappa shape index (κ2) is 5.58. The number of aryl methyl sites for hydroxylation is 2. The van der Waals surface area contributed by atoms with Crippen molar-refractivity contribution in [2.24, 2.45) is 5.92 Å². The van der Waals surface area contributed by atoms with Gasteiger partial charge in [0, 0.05) is 31.3 Å². The normalized spacial score (nSPS) is 12.7. The summed E-state index contributed by atoms with van der Waals surface area (Å²) in [6.45, 7) is 5.11. The molecule has 0 aliphatic rings. The maximum absolute atomic E-state index is 10.4. The van der Waals surface area contributed by atoms with E-state index in [1.165, 1.54) is 0 Å². The first-order chi connectivity index (χ1) is 6.77. The standard InChI is InChI=1S/C11H18N2O/c1-3-7-13-8-6-12-11(13)5-4-10(2)9-14/h6,8-10H,3-5,7H2,1-2H3. The number of rotatable bonds is 6. The van der Waals surface area contributed by atoms with Crippen LogP contribution in [0.1, 0.15) is 32.5 Å². The van der Waals surface area contributed by atoms with Crippen LogP contribution in [0, 0.1) is 5.92 Å². The molecule has 1 heterocycles. The fraction of sp³-hybridized carbons (Fsp3) is 0.636. The van der Waals surface area contributed by atoms with Gasteiger partial charge in [-0.2, -0.15) is 0 Å². The van der Waals surface area contributed by atoms with Crippen molar-refractivity contribution in [3.8, 4) is 0 Å². The van der Waals surface area contributed by atoms with Crippen molar-refractivity contribution in [3.63, 3.8) is 0 Å². The molecule has 0 aliphatic heterocycles. The Balaban J connectivity index is 2.48. The zero-order chi connectivity index (χ0) is 10.4. The Labute approximate surface area is 85.2 Å². The van der Waals surface area contributed by atoms with Gasteiger partial charge in [-0.1, -0.05) is 13.8 Å². The van der Waals surface area contributed by atoms with E-state index in [9.17, 15) is 4.79 Å². The van der Waals surface area contributed by atoms with Crippen molar-refractivity contribution in [1.29, 1.82) is 0 Å². The minimum Gasteiger partial charge on any atom is -0.335 e. The molecule has 0 aromatic carbocycles. The average molecular weight is 194 g/mol. The highest BCUT2D eigenvalue weighted by molar-refractivity contribution is 5.52. The zero-order valence-electron chi connectivity index (χ0n) is 8.94. The molecule has 1 atom stereocenters. The first-order valence-corrected chi connectivity index (χ1v) is 5.23. The maximum Gasteiger partial charge on any atom is 0.122 e. The van der Waals surface area contributed by atoms with Crippen LogP contribution in [0.3, 0.4) is 0 Å². The van der Waals surface area contributed by atoms with Crippen LogP contribution in [0.5, 0.6) is 0 Å². The van der Waals surface area contributed by atoms with Crippen molar-refractivity contribution in [2.75, 3.05) is 0 Å². The molecule has 0 spiro atoms. The first-order valence-electron chi connectivity index (χ1n) is 5.23. The van der Waals surface area contributed by atoms with Crippen LogP contribution in [0.4, 0.5) is 0 Å². The summed E-state index contributed by atoms with van der Waals surface area (Å²) in [4.78, 5) is 14.7. The molecule has 1 unspecified atom stereocenters. The largest absolute Gasteiger partial charge is 0.335 e. The fourth-order valence-electron chi connectivity index (χ4n) is 1.44. The van der Waals surface area contributed by atoms with Crippen molar-refractivity contribution in [2.45, 2.75) is 39.7 Å². The lowest BCUT2D eigenvalue weighted by Gasteiger charge is -2.06. The Morgan fingerprint density at radius 1 is 1.64 bits per heavy atom. The number of hydrogen-bond acceptors (Lipinski definition) is 2. The first kappa shape index (κ1) is 11.0. The van der Waals surface area contributed by atoms with E-state index >= 15 is 0 Å². The zero-order valence-corrected chi connectivity index (χ0v) is 8.94. The topological polar surface area (TPSA) is 34.9 Å². The summed E-state index contributed by atoms with van der Waals surface area (Å²) in [6, 6.07) is 0. The summed E-state index contributed by atoms with van der Waals surface area (Å²) in [7, 11) is 0. The summed E-state index contributed by atoms with van der Waals surface area (Å²) >= 11 is 0. The number of hydrogen-bond donors (Lipinski definition) is 0. The number of carbonyl (C=O) groups excluding carboxylic acids is 1. The van der Waals surface area contributed by atoms with Crippen LogP contribution in [0.2, 0.25) is 0 Å². The lowest BCUT2D eigenvalue weighted by atomic mass is 10.1. The van der Waals surface area contributed by atoms with Crippen molar-refractivity contribution >= 4 is 6.29 Å². The molecule has 1 aromatic heterocycles. The van der Waals surface area contributed by atoms with Gasteiger partial charge in [0.05, 0.1) is 0 Å². The Morgan fingerprint density at radius 2 is 2.43 bits per heavy atom. The predicted molar refractivity (Wildman–Crippen MR) is 56.1 cm³/mol. The Morgan fingerprint density at radius 3 is 3.07 bits per heavy atom. The van der Waals surface area contributed by atoms with Crippen LogP contribution in [-0.2, 0) is 17.8 Å². The van der Waals surface area contributed by atoms with E-state index in [1.807, 2.05) is 19.3 Å². The molecule has 0 amide bonds. The van der Waals surface area contributed by atoms with Gasteiger partial charge in [0.2, 0.25) is 0 Å². The summed E-state index contributed by atoms with van der Waals surface area (Å²) in [5, 5.41) is 0. The lowest BCUT2D eigenvalue weighted by molar-refractivity contribution is -0.110. The molecular weight excluding hydrogens is 176 g/mol. The third-order valence-corrected chi connectivity index (χ3v) is 2.32. The van der Waals surface area contributed by atoms with Crippen LogP contribution >= 0.6 is 0 Å². The van der Waals surface area contributed by atoms with E-state index < -0.39 is 0 Å². The van der Waals surface area contributed by atoms with Gasteiger partial charge in [0.25, 0.3) is 0 Å². The molecule has 1 aromatic rings. The minimum absolute atomic E-state index is 0.141. The molecule has 0 N–H and O–H groups in total. The number of nitrogens with zero attached hydrogens (tertiary/aromatic N) is 2. The summed E-state index contributed by atoms with van der Waals surface area (Å²) in [5.74, 6) is 1.24. The highest BCUT2D eigenvalue weighted by atomic mass is 16.1. The third kappa shape index (κ3) is 2.98. The molecule has 0 saturated heterocycles. The van der Waals surface area contributed by atoms with Gasteiger partial charge < -0.3 is 9.36 Å². The monoisotopic (exact) mass is 194 g/mol. The fourth-order valence-corrected chi connectivity index (χ4v) is 1.44. The predicted octanol–water partition coefficient (Wildman–Crippen LogP) is 2.06. The second-order valence-corrected chi connectivity index (χ2v) is 3.69. The molecule has 0 radical (unpaired) electrons.